The normalized spacial score (nSPS) is 11.4. The molecule has 1 aromatic carbocycles. The summed E-state index contributed by atoms with van der Waals surface area (Å²) in [6.07, 6.45) is 0.407. The fourth-order valence-electron chi connectivity index (χ4n) is 2.38. The standard InChI is InChI=1S/C20H25NO5/c1-5-16-15(19(23)24)10-17(26-16)18(22)21-11-13-7-6-8-14(9-13)12-25-20(2,3)4/h6-10H,5,11-12H2,1-4H3,(H,21,22)(H,23,24). The van der Waals surface area contributed by atoms with Crippen LogP contribution in [0.2, 0.25) is 0 Å². The summed E-state index contributed by atoms with van der Waals surface area (Å²) in [5, 5.41) is 11.9. The molecule has 0 aliphatic rings. The highest BCUT2D eigenvalue weighted by atomic mass is 16.5. The van der Waals surface area contributed by atoms with Gasteiger partial charge in [-0.1, -0.05) is 31.2 Å². The zero-order valence-corrected chi connectivity index (χ0v) is 15.6. The second kappa shape index (κ2) is 8.19. The number of benzene rings is 1. The summed E-state index contributed by atoms with van der Waals surface area (Å²) in [6.45, 7) is 8.57. The lowest BCUT2D eigenvalue weighted by Gasteiger charge is -2.19. The molecule has 0 atom stereocenters. The summed E-state index contributed by atoms with van der Waals surface area (Å²) in [5.74, 6) is -1.24. The summed E-state index contributed by atoms with van der Waals surface area (Å²) >= 11 is 0. The van der Waals surface area contributed by atoms with Crippen molar-refractivity contribution in [1.29, 1.82) is 0 Å². The van der Waals surface area contributed by atoms with Crippen molar-refractivity contribution >= 4 is 11.9 Å². The van der Waals surface area contributed by atoms with E-state index in [4.69, 9.17) is 14.3 Å². The van der Waals surface area contributed by atoms with Gasteiger partial charge < -0.3 is 19.6 Å². The number of carboxylic acid groups (broad SMARTS) is 1. The molecule has 0 aliphatic carbocycles. The van der Waals surface area contributed by atoms with Gasteiger partial charge >= 0.3 is 5.97 Å². The van der Waals surface area contributed by atoms with E-state index in [1.807, 2.05) is 45.0 Å². The summed E-state index contributed by atoms with van der Waals surface area (Å²) in [5.41, 5.74) is 1.75. The molecule has 6 heteroatoms. The van der Waals surface area contributed by atoms with E-state index in [2.05, 4.69) is 5.32 Å². The third-order valence-corrected chi connectivity index (χ3v) is 3.70. The van der Waals surface area contributed by atoms with Crippen LogP contribution in [-0.2, 0) is 24.3 Å². The van der Waals surface area contributed by atoms with Crippen LogP contribution in [0.1, 0.15) is 65.5 Å². The average Bonchev–Trinajstić information content (AvgIpc) is 3.02. The lowest BCUT2D eigenvalue weighted by molar-refractivity contribution is -0.0149. The smallest absolute Gasteiger partial charge is 0.339 e. The molecule has 0 saturated heterocycles. The van der Waals surface area contributed by atoms with Gasteiger partial charge in [-0.3, -0.25) is 4.79 Å². The van der Waals surface area contributed by atoms with Gasteiger partial charge in [-0.15, -0.1) is 0 Å². The van der Waals surface area contributed by atoms with Crippen LogP contribution in [0.15, 0.2) is 34.7 Å². The number of furan rings is 1. The molecule has 0 spiro atoms. The van der Waals surface area contributed by atoms with Crippen LogP contribution in [-0.4, -0.2) is 22.6 Å². The van der Waals surface area contributed by atoms with Gasteiger partial charge in [-0.2, -0.15) is 0 Å². The number of carbonyl (C=O) groups excluding carboxylic acids is 1. The van der Waals surface area contributed by atoms with E-state index in [0.29, 0.717) is 25.3 Å². The van der Waals surface area contributed by atoms with Crippen LogP contribution in [0.5, 0.6) is 0 Å². The first-order valence-electron chi connectivity index (χ1n) is 8.55. The first kappa shape index (κ1) is 19.7. The molecule has 1 heterocycles. The van der Waals surface area contributed by atoms with E-state index < -0.39 is 11.9 Å². The van der Waals surface area contributed by atoms with Gasteiger partial charge in [0.15, 0.2) is 5.76 Å². The number of nitrogens with one attached hydrogen (secondary N) is 1. The Labute approximate surface area is 153 Å². The van der Waals surface area contributed by atoms with Gasteiger partial charge in [0.2, 0.25) is 0 Å². The molecule has 0 aliphatic heterocycles. The quantitative estimate of drug-likeness (QED) is 0.785. The Kier molecular flexibility index (Phi) is 6.21. The summed E-state index contributed by atoms with van der Waals surface area (Å²) < 4.78 is 11.1. The first-order valence-corrected chi connectivity index (χ1v) is 8.55. The third-order valence-electron chi connectivity index (χ3n) is 3.70. The van der Waals surface area contributed by atoms with Gasteiger partial charge in [0.05, 0.1) is 12.2 Å². The van der Waals surface area contributed by atoms with Crippen molar-refractivity contribution in [1.82, 2.24) is 5.32 Å². The number of aromatic carboxylic acids is 1. The van der Waals surface area contributed by atoms with Crippen LogP contribution < -0.4 is 5.32 Å². The average molecular weight is 359 g/mol. The number of hydrogen-bond acceptors (Lipinski definition) is 4. The van der Waals surface area contributed by atoms with E-state index in [0.717, 1.165) is 11.1 Å². The van der Waals surface area contributed by atoms with Crippen molar-refractivity contribution in [3.8, 4) is 0 Å². The second-order valence-electron chi connectivity index (χ2n) is 7.01. The maximum absolute atomic E-state index is 12.2. The number of ether oxygens (including phenoxy) is 1. The van der Waals surface area contributed by atoms with E-state index in [9.17, 15) is 9.59 Å². The van der Waals surface area contributed by atoms with Crippen molar-refractivity contribution in [2.24, 2.45) is 0 Å². The van der Waals surface area contributed by atoms with E-state index in [1.54, 1.807) is 6.92 Å². The number of amides is 1. The maximum Gasteiger partial charge on any atom is 0.339 e. The second-order valence-corrected chi connectivity index (χ2v) is 7.01. The van der Waals surface area contributed by atoms with Crippen LogP contribution in [0.25, 0.3) is 0 Å². The SMILES string of the molecule is CCc1oc(C(=O)NCc2cccc(COC(C)(C)C)c2)cc1C(=O)O. The monoisotopic (exact) mass is 359 g/mol. The molecule has 6 nitrogen and oxygen atoms in total. The molecule has 0 bridgehead atoms. The zero-order valence-electron chi connectivity index (χ0n) is 15.6. The molecular formula is C20H25NO5. The van der Waals surface area contributed by atoms with Crippen molar-refractivity contribution in [3.05, 3.63) is 58.5 Å². The van der Waals surface area contributed by atoms with Gasteiger partial charge in [-0.25, -0.2) is 4.79 Å². The summed E-state index contributed by atoms with van der Waals surface area (Å²) in [7, 11) is 0. The van der Waals surface area contributed by atoms with Gasteiger partial charge in [-0.05, 0) is 31.9 Å². The van der Waals surface area contributed by atoms with Crippen LogP contribution in [0, 0.1) is 0 Å². The molecule has 0 fully saturated rings. The predicted octanol–water partition coefficient (Wildman–Crippen LogP) is 3.79. The topological polar surface area (TPSA) is 88.8 Å². The van der Waals surface area contributed by atoms with E-state index >= 15 is 0 Å². The largest absolute Gasteiger partial charge is 0.478 e. The molecule has 2 rings (SSSR count). The van der Waals surface area contributed by atoms with Crippen molar-refractivity contribution in [2.45, 2.75) is 52.9 Å². The number of aryl methyl sites for hydroxylation is 1. The molecule has 2 N–H and O–H groups in total. The van der Waals surface area contributed by atoms with Gasteiger partial charge in [0.1, 0.15) is 11.3 Å². The molecule has 140 valence electrons. The maximum atomic E-state index is 12.2. The summed E-state index contributed by atoms with van der Waals surface area (Å²) in [4.78, 5) is 23.4. The van der Waals surface area contributed by atoms with Gasteiger partial charge in [0.25, 0.3) is 5.91 Å². The number of carboxylic acids is 1. The molecule has 0 unspecified atom stereocenters. The predicted molar refractivity (Wildman–Crippen MR) is 97.2 cm³/mol. The molecule has 1 aromatic heterocycles. The zero-order chi connectivity index (χ0) is 19.3. The molecular weight excluding hydrogens is 334 g/mol. The minimum absolute atomic E-state index is 0.00599. The van der Waals surface area contributed by atoms with Crippen molar-refractivity contribution in [3.63, 3.8) is 0 Å². The Balaban J connectivity index is 2.00. The minimum Gasteiger partial charge on any atom is -0.478 e. The lowest BCUT2D eigenvalue weighted by atomic mass is 10.1. The lowest BCUT2D eigenvalue weighted by Crippen LogP contribution is -2.22. The van der Waals surface area contributed by atoms with Crippen LogP contribution >= 0.6 is 0 Å². The Morgan fingerprint density at radius 2 is 1.88 bits per heavy atom. The Morgan fingerprint density at radius 3 is 2.46 bits per heavy atom. The molecule has 26 heavy (non-hydrogen) atoms. The molecule has 2 aromatic rings. The van der Waals surface area contributed by atoms with Crippen LogP contribution in [0.3, 0.4) is 0 Å². The molecule has 1 amide bonds. The summed E-state index contributed by atoms with van der Waals surface area (Å²) in [6, 6.07) is 9.02. The number of carbonyl (C=O) groups is 2. The van der Waals surface area contributed by atoms with Gasteiger partial charge in [0, 0.05) is 19.0 Å². The molecule has 0 radical (unpaired) electrons. The third kappa shape index (κ3) is 5.46. The Hall–Kier alpha value is -2.60. The highest BCUT2D eigenvalue weighted by Crippen LogP contribution is 2.17. The first-order chi connectivity index (χ1) is 12.2. The fourth-order valence-corrected chi connectivity index (χ4v) is 2.38. The highest BCUT2D eigenvalue weighted by Gasteiger charge is 2.19. The van der Waals surface area contributed by atoms with E-state index in [-0.39, 0.29) is 16.9 Å². The Morgan fingerprint density at radius 1 is 1.19 bits per heavy atom. The Bertz CT molecular complexity index is 786. The fraction of sp³-hybridized carbons (Fsp3) is 0.400. The van der Waals surface area contributed by atoms with Crippen molar-refractivity contribution < 1.29 is 23.8 Å². The number of rotatable bonds is 7. The van der Waals surface area contributed by atoms with Crippen molar-refractivity contribution in [2.75, 3.05) is 0 Å². The minimum atomic E-state index is -1.10. The number of hydrogen-bond donors (Lipinski definition) is 2. The van der Waals surface area contributed by atoms with Crippen LogP contribution in [0.4, 0.5) is 0 Å². The molecule has 0 saturated carbocycles. The highest BCUT2D eigenvalue weighted by molar-refractivity contribution is 5.96. The van der Waals surface area contributed by atoms with E-state index in [1.165, 1.54) is 6.07 Å².